The zero-order valence-electron chi connectivity index (χ0n) is 11.2. The molecule has 19 heavy (non-hydrogen) atoms. The summed E-state index contributed by atoms with van der Waals surface area (Å²) >= 11 is 1.48. The maximum Gasteiger partial charge on any atom is 0.211 e. The van der Waals surface area contributed by atoms with Crippen molar-refractivity contribution >= 4 is 21.4 Å². The lowest BCUT2D eigenvalue weighted by Crippen LogP contribution is -2.26. The van der Waals surface area contributed by atoms with Crippen LogP contribution >= 0.6 is 11.3 Å². The van der Waals surface area contributed by atoms with Gasteiger partial charge in [-0.15, -0.1) is 11.3 Å². The summed E-state index contributed by atoms with van der Waals surface area (Å²) in [5.41, 5.74) is 2.64. The molecule has 2 N–H and O–H groups in total. The zero-order valence-corrected chi connectivity index (χ0v) is 12.8. The van der Waals surface area contributed by atoms with E-state index >= 15 is 0 Å². The van der Waals surface area contributed by atoms with Crippen LogP contribution < -0.4 is 10.0 Å². The lowest BCUT2D eigenvalue weighted by Gasteiger charge is -2.06. The quantitative estimate of drug-likeness (QED) is 0.677. The van der Waals surface area contributed by atoms with E-state index in [1.807, 2.05) is 6.92 Å². The third-order valence-electron chi connectivity index (χ3n) is 3.15. The fourth-order valence-electron chi connectivity index (χ4n) is 1.75. The second kappa shape index (κ2) is 6.78. The van der Waals surface area contributed by atoms with Crippen LogP contribution in [0.5, 0.6) is 0 Å². The van der Waals surface area contributed by atoms with E-state index in [4.69, 9.17) is 0 Å². The van der Waals surface area contributed by atoms with Gasteiger partial charge in [0.15, 0.2) is 0 Å². The second-order valence-corrected chi connectivity index (χ2v) is 7.80. The molecule has 0 amide bonds. The van der Waals surface area contributed by atoms with Gasteiger partial charge in [0.2, 0.25) is 10.0 Å². The molecule has 1 fully saturated rings. The van der Waals surface area contributed by atoms with Crippen LogP contribution in [0.15, 0.2) is 5.51 Å². The van der Waals surface area contributed by atoms with Crippen molar-refractivity contribution in [2.75, 3.05) is 12.3 Å². The third kappa shape index (κ3) is 5.56. The van der Waals surface area contributed by atoms with Crippen LogP contribution in [0, 0.1) is 6.92 Å². The van der Waals surface area contributed by atoms with E-state index in [1.165, 1.54) is 24.2 Å². The first-order chi connectivity index (χ1) is 9.07. The molecular formula is C12H21N3O2S2. The van der Waals surface area contributed by atoms with Gasteiger partial charge in [0.25, 0.3) is 0 Å². The Morgan fingerprint density at radius 1 is 1.42 bits per heavy atom. The van der Waals surface area contributed by atoms with Gasteiger partial charge in [0, 0.05) is 17.5 Å². The molecule has 2 rings (SSSR count). The number of nitrogens with one attached hydrogen (secondary N) is 2. The van der Waals surface area contributed by atoms with Gasteiger partial charge in [-0.05, 0) is 39.2 Å². The van der Waals surface area contributed by atoms with Crippen molar-refractivity contribution in [1.29, 1.82) is 0 Å². The third-order valence-corrected chi connectivity index (χ3v) is 5.49. The Labute approximate surface area is 118 Å². The predicted octanol–water partition coefficient (Wildman–Crippen LogP) is 1.40. The molecule has 1 aromatic rings. The first kappa shape index (κ1) is 14.9. The number of unbranched alkanes of at least 4 members (excludes halogenated alkanes) is 1. The van der Waals surface area contributed by atoms with Crippen molar-refractivity contribution in [3.05, 3.63) is 16.1 Å². The highest BCUT2D eigenvalue weighted by Crippen LogP contribution is 2.18. The number of aryl methyl sites for hydroxylation is 1. The van der Waals surface area contributed by atoms with Gasteiger partial charge in [-0.2, -0.15) is 0 Å². The fraction of sp³-hybridized carbons (Fsp3) is 0.750. The summed E-state index contributed by atoms with van der Waals surface area (Å²) in [6, 6.07) is 0.698. The fourth-order valence-corrected chi connectivity index (χ4v) is 3.66. The zero-order chi connectivity index (χ0) is 13.7. The average Bonchev–Trinajstić information content (AvgIpc) is 3.08. The minimum Gasteiger partial charge on any atom is -0.314 e. The number of nitrogens with zero attached hydrogens (tertiary/aromatic N) is 1. The molecule has 0 unspecified atom stereocenters. The van der Waals surface area contributed by atoms with E-state index in [9.17, 15) is 8.42 Å². The highest BCUT2D eigenvalue weighted by molar-refractivity contribution is 7.89. The molecule has 5 nitrogen and oxygen atoms in total. The summed E-state index contributed by atoms with van der Waals surface area (Å²) in [5, 5.41) is 3.38. The van der Waals surface area contributed by atoms with Crippen LogP contribution in [-0.4, -0.2) is 31.7 Å². The Kier molecular flexibility index (Phi) is 5.32. The van der Waals surface area contributed by atoms with Crippen molar-refractivity contribution in [2.45, 2.75) is 45.2 Å². The number of sulfonamides is 1. The molecule has 0 atom stereocenters. The molecular weight excluding hydrogens is 282 g/mol. The predicted molar refractivity (Wildman–Crippen MR) is 77.7 cm³/mol. The van der Waals surface area contributed by atoms with Crippen LogP contribution in [0.1, 0.15) is 36.3 Å². The first-order valence-electron chi connectivity index (χ1n) is 6.66. The topological polar surface area (TPSA) is 71.1 Å². The van der Waals surface area contributed by atoms with Crippen LogP contribution in [0.4, 0.5) is 0 Å². The highest BCUT2D eigenvalue weighted by atomic mass is 32.2. The van der Waals surface area contributed by atoms with Crippen LogP contribution in [-0.2, 0) is 16.6 Å². The summed E-state index contributed by atoms with van der Waals surface area (Å²) in [6.45, 7) is 3.18. The molecule has 0 bridgehead atoms. The van der Waals surface area contributed by atoms with E-state index in [2.05, 4.69) is 15.0 Å². The summed E-state index contributed by atoms with van der Waals surface area (Å²) in [6.07, 6.45) is 4.16. The molecule has 1 heterocycles. The molecule has 1 aliphatic rings. The normalized spacial score (nSPS) is 15.8. The molecule has 1 aliphatic carbocycles. The molecule has 0 spiro atoms. The van der Waals surface area contributed by atoms with E-state index in [1.54, 1.807) is 5.51 Å². The van der Waals surface area contributed by atoms with Crippen molar-refractivity contribution < 1.29 is 8.42 Å². The Balaban J connectivity index is 1.62. The minimum absolute atomic E-state index is 0.206. The van der Waals surface area contributed by atoms with E-state index in [0.29, 0.717) is 19.0 Å². The monoisotopic (exact) mass is 303 g/mol. The Morgan fingerprint density at radius 3 is 2.84 bits per heavy atom. The van der Waals surface area contributed by atoms with Gasteiger partial charge in [-0.1, -0.05) is 0 Å². The number of hydrogen-bond acceptors (Lipinski definition) is 5. The Bertz CT molecular complexity index is 495. The van der Waals surface area contributed by atoms with Crippen LogP contribution in [0.25, 0.3) is 0 Å². The van der Waals surface area contributed by atoms with Gasteiger partial charge < -0.3 is 5.32 Å². The van der Waals surface area contributed by atoms with Crippen LogP contribution in [0.2, 0.25) is 0 Å². The Morgan fingerprint density at radius 2 is 2.21 bits per heavy atom. The lowest BCUT2D eigenvalue weighted by atomic mass is 10.3. The van der Waals surface area contributed by atoms with Crippen LogP contribution in [0.3, 0.4) is 0 Å². The second-order valence-electron chi connectivity index (χ2n) is 4.94. The summed E-state index contributed by atoms with van der Waals surface area (Å²) in [7, 11) is -3.16. The van der Waals surface area contributed by atoms with E-state index < -0.39 is 10.0 Å². The molecule has 7 heteroatoms. The van der Waals surface area contributed by atoms with Gasteiger partial charge in [0.1, 0.15) is 0 Å². The largest absolute Gasteiger partial charge is 0.314 e. The number of rotatable bonds is 9. The van der Waals surface area contributed by atoms with Crippen molar-refractivity contribution in [3.8, 4) is 0 Å². The Hall–Kier alpha value is -0.500. The minimum atomic E-state index is -3.16. The molecule has 1 aromatic heterocycles. The number of hydrogen-bond donors (Lipinski definition) is 2. The standard InChI is InChI=1S/C12H21N3O2S2/c1-10-12(18-9-14-10)8-15-19(16,17)7-3-2-6-13-11-4-5-11/h9,11,13,15H,2-8H2,1H3. The first-order valence-corrected chi connectivity index (χ1v) is 9.20. The molecule has 0 radical (unpaired) electrons. The van der Waals surface area contributed by atoms with Crippen molar-refractivity contribution in [2.24, 2.45) is 0 Å². The number of thiazole rings is 1. The van der Waals surface area contributed by atoms with Gasteiger partial charge in [0.05, 0.1) is 17.0 Å². The molecule has 1 saturated carbocycles. The summed E-state index contributed by atoms with van der Waals surface area (Å²) in [4.78, 5) is 5.09. The summed E-state index contributed by atoms with van der Waals surface area (Å²) in [5.74, 6) is 0.206. The summed E-state index contributed by atoms with van der Waals surface area (Å²) < 4.78 is 26.2. The average molecular weight is 303 g/mol. The number of aromatic nitrogens is 1. The van der Waals surface area contributed by atoms with Gasteiger partial charge >= 0.3 is 0 Å². The SMILES string of the molecule is Cc1ncsc1CNS(=O)(=O)CCCCNC1CC1. The highest BCUT2D eigenvalue weighted by Gasteiger charge is 2.19. The van der Waals surface area contributed by atoms with E-state index in [0.717, 1.165) is 23.5 Å². The maximum absolute atomic E-state index is 11.8. The molecule has 108 valence electrons. The van der Waals surface area contributed by atoms with Crippen molar-refractivity contribution in [3.63, 3.8) is 0 Å². The maximum atomic E-state index is 11.8. The van der Waals surface area contributed by atoms with E-state index in [-0.39, 0.29) is 5.75 Å². The van der Waals surface area contributed by atoms with Crippen molar-refractivity contribution in [1.82, 2.24) is 15.0 Å². The molecule has 0 saturated heterocycles. The lowest BCUT2D eigenvalue weighted by molar-refractivity contribution is 0.573. The van der Waals surface area contributed by atoms with Gasteiger partial charge in [-0.3, -0.25) is 0 Å². The smallest absolute Gasteiger partial charge is 0.211 e. The van der Waals surface area contributed by atoms with Gasteiger partial charge in [-0.25, -0.2) is 18.1 Å². The molecule has 0 aromatic carbocycles. The molecule has 0 aliphatic heterocycles.